The van der Waals surface area contributed by atoms with Crippen molar-refractivity contribution >= 4 is 28.6 Å². The molecule has 100 valence electrons. The number of halogens is 1. The van der Waals surface area contributed by atoms with Crippen molar-refractivity contribution in [2.75, 3.05) is 0 Å². The van der Waals surface area contributed by atoms with Crippen molar-refractivity contribution in [2.24, 2.45) is 0 Å². The molecule has 0 aliphatic heterocycles. The Balaban J connectivity index is 1.70. The number of hydrogen-bond donors (Lipinski definition) is 1. The summed E-state index contributed by atoms with van der Waals surface area (Å²) < 4.78 is 5.14. The summed E-state index contributed by atoms with van der Waals surface area (Å²) in [7, 11) is 0. The number of carbonyl (C=O) groups is 1. The largest absolute Gasteiger partial charge is 0.443 e. The normalized spacial score (nSPS) is 10.7. The van der Waals surface area contributed by atoms with Crippen LogP contribution in [0.15, 0.2) is 53.3 Å². The minimum absolute atomic E-state index is 0.148. The molecule has 0 atom stereocenters. The summed E-state index contributed by atoms with van der Waals surface area (Å²) in [4.78, 5) is 16.1. The van der Waals surface area contributed by atoms with Crippen LogP contribution in [0.5, 0.6) is 0 Å². The van der Waals surface area contributed by atoms with Gasteiger partial charge in [-0.25, -0.2) is 4.98 Å². The molecule has 1 amide bonds. The van der Waals surface area contributed by atoms with Crippen LogP contribution in [0.3, 0.4) is 0 Å². The van der Waals surface area contributed by atoms with Crippen LogP contribution < -0.4 is 5.32 Å². The molecule has 1 N–H and O–H groups in total. The zero-order valence-corrected chi connectivity index (χ0v) is 11.2. The standard InChI is InChI=1S/C15H11ClN2O2/c16-12-4-1-10(2-5-12)8-17-15(19)11-3-6-14-13(7-11)18-9-20-14/h1-7,9H,8H2,(H,17,19). The molecule has 0 aliphatic rings. The van der Waals surface area contributed by atoms with Gasteiger partial charge in [-0.1, -0.05) is 23.7 Å². The maximum Gasteiger partial charge on any atom is 0.251 e. The Morgan fingerprint density at radius 2 is 2.00 bits per heavy atom. The van der Waals surface area contributed by atoms with Gasteiger partial charge in [0.05, 0.1) is 0 Å². The fraction of sp³-hybridized carbons (Fsp3) is 0.0667. The predicted octanol–water partition coefficient (Wildman–Crippen LogP) is 3.41. The molecule has 2 aromatic carbocycles. The smallest absolute Gasteiger partial charge is 0.251 e. The number of hydrogen-bond acceptors (Lipinski definition) is 3. The maximum atomic E-state index is 12.1. The third-order valence-corrected chi connectivity index (χ3v) is 3.21. The number of rotatable bonds is 3. The van der Waals surface area contributed by atoms with Gasteiger partial charge in [0.1, 0.15) is 5.52 Å². The van der Waals surface area contributed by atoms with Gasteiger partial charge in [0.15, 0.2) is 12.0 Å². The minimum atomic E-state index is -0.148. The van der Waals surface area contributed by atoms with E-state index < -0.39 is 0 Å². The molecule has 5 heteroatoms. The first kappa shape index (κ1) is 12.7. The molecule has 0 saturated heterocycles. The Bertz CT molecular complexity index is 750. The van der Waals surface area contributed by atoms with Gasteiger partial charge >= 0.3 is 0 Å². The molecule has 20 heavy (non-hydrogen) atoms. The van der Waals surface area contributed by atoms with Gasteiger partial charge in [-0.2, -0.15) is 0 Å². The van der Waals surface area contributed by atoms with Crippen LogP contribution in [0, 0.1) is 0 Å². The van der Waals surface area contributed by atoms with Gasteiger partial charge in [0.25, 0.3) is 5.91 Å². The van der Waals surface area contributed by atoms with Crippen LogP contribution in [-0.4, -0.2) is 10.9 Å². The summed E-state index contributed by atoms with van der Waals surface area (Å²) in [6.45, 7) is 0.451. The number of nitrogens with zero attached hydrogens (tertiary/aromatic N) is 1. The lowest BCUT2D eigenvalue weighted by atomic mass is 10.2. The van der Waals surface area contributed by atoms with Gasteiger partial charge in [0, 0.05) is 17.1 Å². The van der Waals surface area contributed by atoms with Crippen molar-refractivity contribution in [2.45, 2.75) is 6.54 Å². The highest BCUT2D eigenvalue weighted by molar-refractivity contribution is 6.30. The van der Waals surface area contributed by atoms with E-state index in [9.17, 15) is 4.79 Å². The molecule has 0 aliphatic carbocycles. The molecular weight excluding hydrogens is 276 g/mol. The average molecular weight is 287 g/mol. The first-order valence-electron chi connectivity index (χ1n) is 6.08. The second-order valence-electron chi connectivity index (χ2n) is 4.34. The van der Waals surface area contributed by atoms with Gasteiger partial charge < -0.3 is 9.73 Å². The second-order valence-corrected chi connectivity index (χ2v) is 4.78. The van der Waals surface area contributed by atoms with E-state index in [0.29, 0.717) is 28.2 Å². The number of carbonyl (C=O) groups excluding carboxylic acids is 1. The fourth-order valence-electron chi connectivity index (χ4n) is 1.89. The molecule has 0 bridgehead atoms. The van der Waals surface area contributed by atoms with Crippen LogP contribution in [0.4, 0.5) is 0 Å². The second kappa shape index (κ2) is 5.35. The zero-order chi connectivity index (χ0) is 13.9. The summed E-state index contributed by atoms with van der Waals surface area (Å²) in [5, 5.41) is 3.53. The number of benzene rings is 2. The first-order chi connectivity index (χ1) is 9.72. The van der Waals surface area contributed by atoms with Gasteiger partial charge in [-0.15, -0.1) is 0 Å². The van der Waals surface area contributed by atoms with Crippen LogP contribution in [0.2, 0.25) is 5.02 Å². The molecule has 1 aromatic heterocycles. The van der Waals surface area contributed by atoms with E-state index in [4.69, 9.17) is 16.0 Å². The molecule has 0 unspecified atom stereocenters. The topological polar surface area (TPSA) is 55.1 Å². The van der Waals surface area contributed by atoms with Crippen molar-refractivity contribution < 1.29 is 9.21 Å². The first-order valence-corrected chi connectivity index (χ1v) is 6.46. The third kappa shape index (κ3) is 2.65. The summed E-state index contributed by atoms with van der Waals surface area (Å²) >= 11 is 5.81. The van der Waals surface area contributed by atoms with Crippen LogP contribution in [0.25, 0.3) is 11.1 Å². The monoisotopic (exact) mass is 286 g/mol. The van der Waals surface area contributed by atoms with Crippen molar-refractivity contribution in [3.63, 3.8) is 0 Å². The lowest BCUT2D eigenvalue weighted by molar-refractivity contribution is 0.0951. The van der Waals surface area contributed by atoms with E-state index in [1.165, 1.54) is 6.39 Å². The van der Waals surface area contributed by atoms with Crippen LogP contribution in [0.1, 0.15) is 15.9 Å². The minimum Gasteiger partial charge on any atom is -0.443 e. The van der Waals surface area contributed by atoms with Crippen molar-refractivity contribution in [3.05, 3.63) is 65.0 Å². The lowest BCUT2D eigenvalue weighted by Gasteiger charge is -2.05. The highest BCUT2D eigenvalue weighted by Crippen LogP contribution is 2.14. The highest BCUT2D eigenvalue weighted by atomic mass is 35.5. The maximum absolute atomic E-state index is 12.1. The average Bonchev–Trinajstić information content (AvgIpc) is 2.93. The predicted molar refractivity (Wildman–Crippen MR) is 76.6 cm³/mol. The lowest BCUT2D eigenvalue weighted by Crippen LogP contribution is -2.22. The molecular formula is C15H11ClN2O2. The summed E-state index contributed by atoms with van der Waals surface area (Å²) in [5.41, 5.74) is 2.88. The fourth-order valence-corrected chi connectivity index (χ4v) is 2.01. The number of oxazole rings is 1. The van der Waals surface area contributed by atoms with Gasteiger partial charge in [0.2, 0.25) is 0 Å². The molecule has 1 heterocycles. The number of nitrogens with one attached hydrogen (secondary N) is 1. The van der Waals surface area contributed by atoms with E-state index in [-0.39, 0.29) is 5.91 Å². The molecule has 3 aromatic rings. The molecule has 3 rings (SSSR count). The Labute approximate surface area is 120 Å². The summed E-state index contributed by atoms with van der Waals surface area (Å²) in [6, 6.07) is 12.5. The number of aromatic nitrogens is 1. The Morgan fingerprint density at radius 1 is 1.20 bits per heavy atom. The molecule has 4 nitrogen and oxygen atoms in total. The Morgan fingerprint density at radius 3 is 2.80 bits per heavy atom. The van der Waals surface area contributed by atoms with Crippen LogP contribution >= 0.6 is 11.6 Å². The Hall–Kier alpha value is -2.33. The zero-order valence-electron chi connectivity index (χ0n) is 10.5. The summed E-state index contributed by atoms with van der Waals surface area (Å²) in [6.07, 6.45) is 1.36. The van der Waals surface area contributed by atoms with Gasteiger partial charge in [-0.3, -0.25) is 4.79 Å². The van der Waals surface area contributed by atoms with Crippen molar-refractivity contribution in [1.29, 1.82) is 0 Å². The quantitative estimate of drug-likeness (QED) is 0.803. The van der Waals surface area contributed by atoms with E-state index >= 15 is 0 Å². The van der Waals surface area contributed by atoms with Crippen LogP contribution in [-0.2, 0) is 6.54 Å². The van der Waals surface area contributed by atoms with Crippen molar-refractivity contribution in [3.8, 4) is 0 Å². The number of fused-ring (bicyclic) bond motifs is 1. The molecule has 0 saturated carbocycles. The van der Waals surface area contributed by atoms with E-state index in [0.717, 1.165) is 5.56 Å². The highest BCUT2D eigenvalue weighted by Gasteiger charge is 2.08. The van der Waals surface area contributed by atoms with E-state index in [2.05, 4.69) is 10.3 Å². The SMILES string of the molecule is O=C(NCc1ccc(Cl)cc1)c1ccc2ocnc2c1. The third-order valence-electron chi connectivity index (χ3n) is 2.96. The van der Waals surface area contributed by atoms with Crippen molar-refractivity contribution in [1.82, 2.24) is 10.3 Å². The van der Waals surface area contributed by atoms with E-state index in [1.54, 1.807) is 30.3 Å². The number of amides is 1. The molecule has 0 fully saturated rings. The van der Waals surface area contributed by atoms with E-state index in [1.807, 2.05) is 12.1 Å². The molecule has 0 radical (unpaired) electrons. The summed E-state index contributed by atoms with van der Waals surface area (Å²) in [5.74, 6) is -0.148. The Kier molecular flexibility index (Phi) is 3.39. The van der Waals surface area contributed by atoms with Gasteiger partial charge in [-0.05, 0) is 35.9 Å². The molecule has 0 spiro atoms.